The second-order valence-corrected chi connectivity index (χ2v) is 9.74. The Morgan fingerprint density at radius 3 is 2.41 bits per heavy atom. The molecule has 1 atom stereocenters. The van der Waals surface area contributed by atoms with Gasteiger partial charge in [-0.15, -0.1) is 0 Å². The molecule has 29 heavy (non-hydrogen) atoms. The maximum Gasteiger partial charge on any atom is 0.401 e. The molecule has 0 aromatic heterocycles. The van der Waals surface area contributed by atoms with E-state index in [2.05, 4.69) is 10.3 Å². The molecule has 2 saturated heterocycles. The van der Waals surface area contributed by atoms with Crippen LogP contribution in [0, 0.1) is 0 Å². The van der Waals surface area contributed by atoms with Gasteiger partial charge < -0.3 is 15.0 Å². The van der Waals surface area contributed by atoms with Crippen molar-refractivity contribution >= 4 is 16.0 Å². The zero-order chi connectivity index (χ0) is 21.7. The third-order valence-corrected chi connectivity index (χ3v) is 6.78. The van der Waals surface area contributed by atoms with Crippen LogP contribution in [-0.4, -0.2) is 112 Å². The minimum atomic E-state index is -4.20. The van der Waals surface area contributed by atoms with Crippen molar-refractivity contribution in [2.24, 2.45) is 4.99 Å². The molecule has 1 unspecified atom stereocenters. The number of hydrogen-bond donors (Lipinski definition) is 1. The van der Waals surface area contributed by atoms with Gasteiger partial charge in [-0.05, 0) is 20.3 Å². The molecule has 8 nitrogen and oxygen atoms in total. The van der Waals surface area contributed by atoms with Crippen LogP contribution in [0.25, 0.3) is 0 Å². The zero-order valence-electron chi connectivity index (χ0n) is 17.3. The lowest BCUT2D eigenvalue weighted by molar-refractivity contribution is -0.143. The monoisotopic (exact) mass is 443 g/mol. The first-order chi connectivity index (χ1) is 13.5. The number of rotatable bonds is 7. The summed E-state index contributed by atoms with van der Waals surface area (Å²) in [7, 11) is -1.75. The number of piperazine rings is 1. The van der Waals surface area contributed by atoms with Gasteiger partial charge in [0.15, 0.2) is 5.96 Å². The third-order valence-electron chi connectivity index (χ3n) is 4.94. The van der Waals surface area contributed by atoms with Crippen molar-refractivity contribution in [3.05, 3.63) is 0 Å². The Hall–Kier alpha value is -1.11. The molecule has 0 aromatic rings. The number of halogens is 3. The number of sulfonamides is 1. The Labute approximate surface area is 171 Å². The van der Waals surface area contributed by atoms with Gasteiger partial charge in [0, 0.05) is 52.4 Å². The van der Waals surface area contributed by atoms with Gasteiger partial charge in [0.2, 0.25) is 10.0 Å². The lowest BCUT2D eigenvalue weighted by Gasteiger charge is -2.36. The van der Waals surface area contributed by atoms with Crippen molar-refractivity contribution in [1.82, 2.24) is 19.4 Å². The fourth-order valence-electron chi connectivity index (χ4n) is 3.52. The fourth-order valence-corrected chi connectivity index (χ4v) is 4.81. The molecule has 2 rings (SSSR count). The molecule has 2 heterocycles. The Balaban J connectivity index is 1.80. The summed E-state index contributed by atoms with van der Waals surface area (Å²) < 4.78 is 69.3. The molecule has 2 aliphatic heterocycles. The Morgan fingerprint density at radius 1 is 1.21 bits per heavy atom. The van der Waals surface area contributed by atoms with E-state index in [9.17, 15) is 21.6 Å². The number of ether oxygens (including phenoxy) is 1. The molecule has 12 heteroatoms. The number of hydrogen-bond acceptors (Lipinski definition) is 5. The summed E-state index contributed by atoms with van der Waals surface area (Å²) in [6.07, 6.45) is -3.60. The number of nitrogens with zero attached hydrogens (tertiary/aromatic N) is 4. The van der Waals surface area contributed by atoms with Crippen LogP contribution in [0.1, 0.15) is 20.3 Å². The minimum Gasteiger partial charge on any atom is -0.378 e. The van der Waals surface area contributed by atoms with Crippen molar-refractivity contribution in [2.75, 3.05) is 65.2 Å². The molecule has 2 fully saturated rings. The fraction of sp³-hybridized carbons (Fsp3) is 0.941. The standard InChI is InChI=1S/C17H32F3N5O3S/c1-14(2)28-10-11-29(26,27)25-8-6-24(7-9-25)16(21-3)22-15-4-5-23(12-15)13-17(18,19)20/h14-15H,4-13H2,1-3H3,(H,21,22). The van der Waals surface area contributed by atoms with E-state index in [4.69, 9.17) is 4.74 Å². The molecule has 0 saturated carbocycles. The highest BCUT2D eigenvalue weighted by molar-refractivity contribution is 7.89. The van der Waals surface area contributed by atoms with Crippen LogP contribution in [0.4, 0.5) is 13.2 Å². The summed E-state index contributed by atoms with van der Waals surface area (Å²) in [5.74, 6) is 0.555. The predicted octanol–water partition coefficient (Wildman–Crippen LogP) is 0.571. The van der Waals surface area contributed by atoms with E-state index < -0.39 is 22.7 Å². The van der Waals surface area contributed by atoms with E-state index in [1.807, 2.05) is 18.7 Å². The van der Waals surface area contributed by atoms with Crippen LogP contribution in [0.5, 0.6) is 0 Å². The quantitative estimate of drug-likeness (QED) is 0.458. The Morgan fingerprint density at radius 2 is 1.86 bits per heavy atom. The number of nitrogens with one attached hydrogen (secondary N) is 1. The first-order valence-corrected chi connectivity index (χ1v) is 11.5. The van der Waals surface area contributed by atoms with E-state index >= 15 is 0 Å². The molecule has 170 valence electrons. The highest BCUT2D eigenvalue weighted by Crippen LogP contribution is 2.20. The largest absolute Gasteiger partial charge is 0.401 e. The van der Waals surface area contributed by atoms with Crippen LogP contribution in [0.3, 0.4) is 0 Å². The average Bonchev–Trinajstić information content (AvgIpc) is 3.04. The molecule has 2 aliphatic rings. The van der Waals surface area contributed by atoms with Crippen molar-refractivity contribution in [3.63, 3.8) is 0 Å². The molecular formula is C17H32F3N5O3S. The zero-order valence-corrected chi connectivity index (χ0v) is 18.1. The maximum absolute atomic E-state index is 12.5. The third kappa shape index (κ3) is 7.91. The molecule has 0 aromatic carbocycles. The Kier molecular flexibility index (Phi) is 8.56. The highest BCUT2D eigenvalue weighted by atomic mass is 32.2. The smallest absolute Gasteiger partial charge is 0.378 e. The van der Waals surface area contributed by atoms with Gasteiger partial charge in [0.05, 0.1) is 25.0 Å². The second-order valence-electron chi connectivity index (χ2n) is 7.65. The number of alkyl halides is 3. The number of aliphatic imine (C=N–C) groups is 1. The van der Waals surface area contributed by atoms with Gasteiger partial charge in [0.1, 0.15) is 0 Å². The first-order valence-electron chi connectivity index (χ1n) is 9.87. The van der Waals surface area contributed by atoms with E-state index in [1.54, 1.807) is 7.05 Å². The SMILES string of the molecule is CN=C(NC1CCN(CC(F)(F)F)C1)N1CCN(S(=O)(=O)CCOC(C)C)CC1. The molecule has 0 amide bonds. The molecule has 0 spiro atoms. The lowest BCUT2D eigenvalue weighted by Crippen LogP contribution is -2.55. The van der Waals surface area contributed by atoms with Crippen molar-refractivity contribution in [3.8, 4) is 0 Å². The molecule has 1 N–H and O–H groups in total. The first kappa shape index (κ1) is 24.2. The maximum atomic E-state index is 12.5. The van der Waals surface area contributed by atoms with E-state index in [0.29, 0.717) is 51.6 Å². The van der Waals surface area contributed by atoms with Gasteiger partial charge >= 0.3 is 6.18 Å². The summed E-state index contributed by atoms with van der Waals surface area (Å²) in [5.41, 5.74) is 0. The lowest BCUT2D eigenvalue weighted by atomic mass is 10.2. The summed E-state index contributed by atoms with van der Waals surface area (Å²) in [6.45, 7) is 5.31. The van der Waals surface area contributed by atoms with E-state index in [0.717, 1.165) is 0 Å². The van der Waals surface area contributed by atoms with Gasteiger partial charge in [-0.3, -0.25) is 9.89 Å². The molecular weight excluding hydrogens is 411 g/mol. The van der Waals surface area contributed by atoms with Gasteiger partial charge in [-0.1, -0.05) is 0 Å². The second kappa shape index (κ2) is 10.3. The van der Waals surface area contributed by atoms with Crippen LogP contribution in [0.2, 0.25) is 0 Å². The normalized spacial score (nSPS) is 23.2. The molecule has 0 radical (unpaired) electrons. The highest BCUT2D eigenvalue weighted by Gasteiger charge is 2.35. The van der Waals surface area contributed by atoms with Gasteiger partial charge in [0.25, 0.3) is 0 Å². The van der Waals surface area contributed by atoms with Crippen LogP contribution >= 0.6 is 0 Å². The summed E-state index contributed by atoms with van der Waals surface area (Å²) in [6, 6.07) is -0.106. The number of likely N-dealkylation sites (tertiary alicyclic amines) is 1. The van der Waals surface area contributed by atoms with Crippen LogP contribution in [-0.2, 0) is 14.8 Å². The van der Waals surface area contributed by atoms with Crippen molar-refractivity contribution < 1.29 is 26.3 Å². The number of guanidine groups is 1. The van der Waals surface area contributed by atoms with E-state index in [1.165, 1.54) is 9.21 Å². The van der Waals surface area contributed by atoms with Gasteiger partial charge in [-0.25, -0.2) is 8.42 Å². The molecule has 0 bridgehead atoms. The van der Waals surface area contributed by atoms with Crippen LogP contribution < -0.4 is 5.32 Å². The van der Waals surface area contributed by atoms with Gasteiger partial charge in [-0.2, -0.15) is 17.5 Å². The van der Waals surface area contributed by atoms with Crippen LogP contribution in [0.15, 0.2) is 4.99 Å². The Bertz CT molecular complexity index is 649. The topological polar surface area (TPSA) is 77.5 Å². The summed E-state index contributed by atoms with van der Waals surface area (Å²) >= 11 is 0. The average molecular weight is 444 g/mol. The minimum absolute atomic E-state index is 0.0147. The summed E-state index contributed by atoms with van der Waals surface area (Å²) in [4.78, 5) is 7.56. The summed E-state index contributed by atoms with van der Waals surface area (Å²) in [5, 5.41) is 3.23. The molecule has 0 aliphatic carbocycles. The van der Waals surface area contributed by atoms with Crippen molar-refractivity contribution in [1.29, 1.82) is 0 Å². The predicted molar refractivity (Wildman–Crippen MR) is 105 cm³/mol. The van der Waals surface area contributed by atoms with Crippen molar-refractivity contribution in [2.45, 2.75) is 38.6 Å². The van der Waals surface area contributed by atoms with E-state index in [-0.39, 0.29) is 24.5 Å².